The lowest BCUT2D eigenvalue weighted by molar-refractivity contribution is 0.661. The van der Waals surface area contributed by atoms with Crippen molar-refractivity contribution < 1.29 is 0 Å². The lowest BCUT2D eigenvalue weighted by Gasteiger charge is -2.24. The largest absolute Gasteiger partial charge is 0.0619 e. The van der Waals surface area contributed by atoms with Crippen LogP contribution >= 0.6 is 0 Å². The molecule has 0 nitrogen and oxygen atoms in total. The van der Waals surface area contributed by atoms with Crippen molar-refractivity contribution in [2.45, 2.75) is 19.3 Å². The molecule has 0 fully saturated rings. The van der Waals surface area contributed by atoms with E-state index in [1.807, 2.05) is 0 Å². The molecule has 0 heterocycles. The van der Waals surface area contributed by atoms with Crippen LogP contribution in [0.15, 0.2) is 170 Å². The molecule has 1 aliphatic rings. The topological polar surface area (TPSA) is 0 Å². The highest BCUT2D eigenvalue weighted by Crippen LogP contribution is 2.54. The Balaban J connectivity index is 1.28. The number of hydrogen-bond acceptors (Lipinski definition) is 0. The van der Waals surface area contributed by atoms with Gasteiger partial charge >= 0.3 is 0 Å². The zero-order valence-corrected chi connectivity index (χ0v) is 29.7. The van der Waals surface area contributed by atoms with Gasteiger partial charge in [-0.15, -0.1) is 0 Å². The van der Waals surface area contributed by atoms with Crippen molar-refractivity contribution in [2.24, 2.45) is 0 Å². The molecule has 0 N–H and O–H groups in total. The molecule has 11 aromatic carbocycles. The summed E-state index contributed by atoms with van der Waals surface area (Å²) in [7, 11) is 0. The molecule has 0 bridgehead atoms. The predicted molar refractivity (Wildman–Crippen MR) is 229 cm³/mol. The minimum atomic E-state index is -0.110. The first-order valence-corrected chi connectivity index (χ1v) is 18.8. The fourth-order valence-electron chi connectivity index (χ4n) is 10.2. The van der Waals surface area contributed by atoms with Gasteiger partial charge in [-0.1, -0.05) is 166 Å². The van der Waals surface area contributed by atoms with Gasteiger partial charge in [0.1, 0.15) is 0 Å². The second-order valence-corrected chi connectivity index (χ2v) is 15.6. The summed E-state index contributed by atoms with van der Waals surface area (Å²) >= 11 is 0. The van der Waals surface area contributed by atoms with Gasteiger partial charge in [0.05, 0.1) is 0 Å². The fraction of sp³-hybridized carbons (Fsp3) is 0.0566. The lowest BCUT2D eigenvalue weighted by atomic mass is 9.79. The zero-order chi connectivity index (χ0) is 35.0. The molecule has 0 heteroatoms. The smallest absolute Gasteiger partial charge is 0.0159 e. The van der Waals surface area contributed by atoms with Crippen LogP contribution < -0.4 is 0 Å². The Bertz CT molecular complexity index is 3310. The minimum Gasteiger partial charge on any atom is -0.0619 e. The maximum Gasteiger partial charge on any atom is 0.0159 e. The van der Waals surface area contributed by atoms with Crippen molar-refractivity contribution in [3.8, 4) is 33.4 Å². The molecular formula is C53H34. The molecule has 0 saturated heterocycles. The normalized spacial score (nSPS) is 13.6. The monoisotopic (exact) mass is 670 g/mol. The molecule has 12 rings (SSSR count). The second kappa shape index (κ2) is 10.3. The van der Waals surface area contributed by atoms with Crippen LogP contribution in [0.25, 0.3) is 109 Å². The van der Waals surface area contributed by atoms with E-state index in [0.29, 0.717) is 0 Å². The summed E-state index contributed by atoms with van der Waals surface area (Å²) in [4.78, 5) is 0. The molecule has 0 unspecified atom stereocenters. The van der Waals surface area contributed by atoms with E-state index in [-0.39, 0.29) is 5.41 Å². The van der Waals surface area contributed by atoms with E-state index in [9.17, 15) is 0 Å². The average Bonchev–Trinajstić information content (AvgIpc) is 3.43. The molecule has 0 spiro atoms. The molecule has 11 aromatic rings. The Hall–Kier alpha value is -6.50. The molecule has 0 aromatic heterocycles. The summed E-state index contributed by atoms with van der Waals surface area (Å²) in [6, 6.07) is 64.3. The van der Waals surface area contributed by atoms with Crippen molar-refractivity contribution >= 4 is 75.4 Å². The first-order chi connectivity index (χ1) is 26.1. The van der Waals surface area contributed by atoms with Gasteiger partial charge in [-0.25, -0.2) is 0 Å². The summed E-state index contributed by atoms with van der Waals surface area (Å²) in [5.74, 6) is 0. The van der Waals surface area contributed by atoms with Gasteiger partial charge in [-0.2, -0.15) is 0 Å². The highest BCUT2D eigenvalue weighted by Gasteiger charge is 2.36. The van der Waals surface area contributed by atoms with E-state index in [0.717, 1.165) is 0 Å². The van der Waals surface area contributed by atoms with Crippen LogP contribution in [0.3, 0.4) is 0 Å². The third kappa shape index (κ3) is 3.80. The molecule has 0 radical (unpaired) electrons. The molecule has 1 aliphatic carbocycles. The van der Waals surface area contributed by atoms with Crippen LogP contribution in [0.1, 0.15) is 25.0 Å². The Labute approximate surface area is 307 Å². The van der Waals surface area contributed by atoms with Crippen LogP contribution in [0.2, 0.25) is 0 Å². The second-order valence-electron chi connectivity index (χ2n) is 15.6. The van der Waals surface area contributed by atoms with Crippen LogP contribution in [-0.4, -0.2) is 0 Å². The van der Waals surface area contributed by atoms with Crippen molar-refractivity contribution in [3.63, 3.8) is 0 Å². The maximum atomic E-state index is 2.55. The van der Waals surface area contributed by atoms with Gasteiger partial charge < -0.3 is 0 Å². The molecule has 246 valence electrons. The predicted octanol–water partition coefficient (Wildman–Crippen LogP) is 14.8. The Morgan fingerprint density at radius 2 is 0.887 bits per heavy atom. The van der Waals surface area contributed by atoms with Gasteiger partial charge in [0.2, 0.25) is 0 Å². The van der Waals surface area contributed by atoms with Crippen molar-refractivity contribution in [1.82, 2.24) is 0 Å². The highest BCUT2D eigenvalue weighted by molar-refractivity contribution is 6.35. The Morgan fingerprint density at radius 3 is 1.70 bits per heavy atom. The summed E-state index contributed by atoms with van der Waals surface area (Å²) < 4.78 is 0. The average molecular weight is 671 g/mol. The van der Waals surface area contributed by atoms with Crippen LogP contribution in [0.5, 0.6) is 0 Å². The molecule has 0 aliphatic heterocycles. The van der Waals surface area contributed by atoms with Crippen molar-refractivity contribution in [3.05, 3.63) is 181 Å². The lowest BCUT2D eigenvalue weighted by Crippen LogP contribution is -2.14. The van der Waals surface area contributed by atoms with Gasteiger partial charge in [0, 0.05) is 5.41 Å². The summed E-state index contributed by atoms with van der Waals surface area (Å²) in [6.07, 6.45) is 0. The van der Waals surface area contributed by atoms with E-state index in [4.69, 9.17) is 0 Å². The zero-order valence-electron chi connectivity index (χ0n) is 29.7. The van der Waals surface area contributed by atoms with Crippen LogP contribution in [-0.2, 0) is 5.41 Å². The molecular weight excluding hydrogens is 637 g/mol. The third-order valence-electron chi connectivity index (χ3n) is 12.6. The van der Waals surface area contributed by atoms with E-state index >= 15 is 0 Å². The number of benzene rings is 11. The molecule has 0 atom stereocenters. The van der Waals surface area contributed by atoms with Crippen molar-refractivity contribution in [2.75, 3.05) is 0 Å². The SMILES string of the molecule is CC1(C)c2ccccc2-c2cc3c(-c4ccc5c6cccc7cccc(c8cccc4c85)c76)c4ccccc4c(-c4ccc5ccccc5c4)c3cc21. The van der Waals surface area contributed by atoms with Gasteiger partial charge in [-0.05, 0) is 138 Å². The van der Waals surface area contributed by atoms with Crippen LogP contribution in [0.4, 0.5) is 0 Å². The quantitative estimate of drug-likeness (QED) is 0.127. The fourth-order valence-corrected chi connectivity index (χ4v) is 10.2. The van der Waals surface area contributed by atoms with Crippen molar-refractivity contribution in [1.29, 1.82) is 0 Å². The minimum absolute atomic E-state index is 0.110. The Morgan fingerprint density at radius 1 is 0.302 bits per heavy atom. The number of rotatable bonds is 2. The third-order valence-corrected chi connectivity index (χ3v) is 12.6. The summed E-state index contributed by atoms with van der Waals surface area (Å²) in [5, 5.41) is 18.3. The maximum absolute atomic E-state index is 2.55. The van der Waals surface area contributed by atoms with Crippen LogP contribution in [0, 0.1) is 0 Å². The number of hydrogen-bond donors (Lipinski definition) is 0. The molecule has 0 amide bonds. The van der Waals surface area contributed by atoms with Gasteiger partial charge in [0.25, 0.3) is 0 Å². The van der Waals surface area contributed by atoms with E-state index in [1.54, 1.807) is 0 Å². The highest BCUT2D eigenvalue weighted by atomic mass is 14.4. The first kappa shape index (κ1) is 29.1. The Kier molecular flexibility index (Phi) is 5.66. The number of fused-ring (bicyclic) bond motifs is 8. The van der Waals surface area contributed by atoms with E-state index in [1.165, 1.54) is 120 Å². The molecule has 0 saturated carbocycles. The van der Waals surface area contributed by atoms with E-state index < -0.39 is 0 Å². The summed E-state index contributed by atoms with van der Waals surface area (Å²) in [5.41, 5.74) is 10.6. The van der Waals surface area contributed by atoms with E-state index in [2.05, 4.69) is 184 Å². The first-order valence-electron chi connectivity index (χ1n) is 18.8. The summed E-state index contributed by atoms with van der Waals surface area (Å²) in [6.45, 7) is 4.79. The molecule has 53 heavy (non-hydrogen) atoms. The standard InChI is InChI=1S/C53H34/c1-53(2)47-23-8-7-16-35(47)44-29-45-46(30-48(44)53)50(34-25-24-31-12-3-4-13-33(31)28-34)36-17-5-6-18-39(36)52(45)43-27-26-42-38-20-10-15-32-14-9-19-37(49(32)38)40-21-11-22-41(43)51(40)42/h3-30H,1-2H3. The van der Waals surface area contributed by atoms with Gasteiger partial charge in [0.15, 0.2) is 0 Å². The van der Waals surface area contributed by atoms with Gasteiger partial charge in [-0.3, -0.25) is 0 Å².